The second-order valence-corrected chi connectivity index (χ2v) is 8.15. The van der Waals surface area contributed by atoms with Crippen molar-refractivity contribution >= 4 is 33.2 Å². The lowest BCUT2D eigenvalue weighted by atomic mass is 10.1. The molecule has 0 amide bonds. The topological polar surface area (TPSA) is 128 Å². The van der Waals surface area contributed by atoms with Gasteiger partial charge in [0.2, 0.25) is 0 Å². The third-order valence-corrected chi connectivity index (χ3v) is 5.90. The van der Waals surface area contributed by atoms with Crippen LogP contribution in [0.3, 0.4) is 0 Å². The first kappa shape index (κ1) is 20.2. The maximum Gasteiger partial charge on any atom is 0.338 e. The molecule has 31 heavy (non-hydrogen) atoms. The highest BCUT2D eigenvalue weighted by molar-refractivity contribution is 7.90. The van der Waals surface area contributed by atoms with Crippen LogP contribution >= 0.6 is 0 Å². The predicted octanol–water partition coefficient (Wildman–Crippen LogP) is 3.51. The number of nitro benzene ring substituents is 1. The lowest BCUT2D eigenvalue weighted by Crippen LogP contribution is -2.12. The lowest BCUT2D eigenvalue weighted by Gasteiger charge is -2.08. The van der Waals surface area contributed by atoms with E-state index in [0.29, 0.717) is 16.8 Å². The first-order valence-corrected chi connectivity index (χ1v) is 10.5. The van der Waals surface area contributed by atoms with Crippen molar-refractivity contribution in [2.75, 3.05) is 5.32 Å². The number of sulfonamides is 1. The standard InChI is InChI=1S/C21H15N3O6S/c25-21(30-13-15-5-1-3-7-18(15)24(26)27)14-9-11-16(12-10-14)22-20-17-6-2-4-8-19(17)31(28,29)23-20/h1-12H,13H2,(H,22,23). The molecule has 0 fully saturated rings. The van der Waals surface area contributed by atoms with Crippen molar-refractivity contribution < 1.29 is 22.9 Å². The van der Waals surface area contributed by atoms with E-state index in [1.807, 2.05) is 0 Å². The summed E-state index contributed by atoms with van der Waals surface area (Å²) in [6, 6.07) is 18.7. The Hall–Kier alpha value is -4.05. The summed E-state index contributed by atoms with van der Waals surface area (Å²) in [5.41, 5.74) is 1.41. The molecule has 1 N–H and O–H groups in total. The number of amidine groups is 1. The molecule has 0 bridgehead atoms. The fourth-order valence-corrected chi connectivity index (χ4v) is 4.24. The number of esters is 1. The zero-order valence-electron chi connectivity index (χ0n) is 15.9. The van der Waals surface area contributed by atoms with Crippen molar-refractivity contribution in [2.45, 2.75) is 11.5 Å². The van der Waals surface area contributed by atoms with Gasteiger partial charge in [0.05, 0.1) is 16.1 Å². The van der Waals surface area contributed by atoms with Crippen LogP contribution in [-0.4, -0.2) is 25.1 Å². The largest absolute Gasteiger partial charge is 0.457 e. The summed E-state index contributed by atoms with van der Waals surface area (Å²) in [7, 11) is -3.74. The Labute approximate surface area is 177 Å². The predicted molar refractivity (Wildman–Crippen MR) is 112 cm³/mol. The molecule has 0 saturated carbocycles. The Balaban J connectivity index is 1.45. The van der Waals surface area contributed by atoms with Crippen molar-refractivity contribution in [3.8, 4) is 0 Å². The van der Waals surface area contributed by atoms with E-state index in [2.05, 4.69) is 9.71 Å². The number of hydrogen-bond donors (Lipinski definition) is 1. The highest BCUT2D eigenvalue weighted by Crippen LogP contribution is 2.27. The quantitative estimate of drug-likeness (QED) is 0.367. The summed E-state index contributed by atoms with van der Waals surface area (Å²) < 4.78 is 33.2. The highest BCUT2D eigenvalue weighted by Gasteiger charge is 2.28. The van der Waals surface area contributed by atoms with Gasteiger partial charge in [0.25, 0.3) is 15.7 Å². The van der Waals surface area contributed by atoms with Gasteiger partial charge in [0.15, 0.2) is 5.84 Å². The van der Waals surface area contributed by atoms with Crippen LogP contribution in [0.25, 0.3) is 0 Å². The highest BCUT2D eigenvalue weighted by atomic mass is 32.2. The van der Waals surface area contributed by atoms with Gasteiger partial charge in [-0.05, 0) is 42.5 Å². The summed E-state index contributed by atoms with van der Waals surface area (Å²) >= 11 is 0. The van der Waals surface area contributed by atoms with Crippen molar-refractivity contribution in [1.29, 1.82) is 0 Å². The molecule has 1 aliphatic rings. The number of nitrogens with zero attached hydrogens (tertiary/aromatic N) is 2. The summed E-state index contributed by atoms with van der Waals surface area (Å²) in [4.78, 5) is 22.9. The van der Waals surface area contributed by atoms with Crippen LogP contribution in [0.5, 0.6) is 0 Å². The second-order valence-electron chi connectivity index (χ2n) is 6.58. The summed E-state index contributed by atoms with van der Waals surface area (Å²) in [5.74, 6) is -0.446. The number of rotatable bonds is 5. The molecule has 0 aromatic heterocycles. The number of carbonyl (C=O) groups is 1. The maximum atomic E-state index is 12.3. The fraction of sp³-hybridized carbons (Fsp3) is 0.0476. The van der Waals surface area contributed by atoms with Crippen LogP contribution < -0.4 is 5.32 Å². The molecule has 1 aliphatic heterocycles. The van der Waals surface area contributed by atoms with Crippen LogP contribution in [0.1, 0.15) is 21.5 Å². The first-order chi connectivity index (χ1) is 14.8. The van der Waals surface area contributed by atoms with Crippen molar-refractivity contribution in [1.82, 2.24) is 0 Å². The number of para-hydroxylation sites is 1. The Bertz CT molecular complexity index is 1320. The van der Waals surface area contributed by atoms with Crippen molar-refractivity contribution in [2.24, 2.45) is 4.40 Å². The van der Waals surface area contributed by atoms with Gasteiger partial charge < -0.3 is 10.1 Å². The number of nitro groups is 1. The van der Waals surface area contributed by atoms with Gasteiger partial charge in [0, 0.05) is 17.3 Å². The number of fused-ring (bicyclic) bond motifs is 1. The van der Waals surface area contributed by atoms with Crippen LogP contribution in [0, 0.1) is 10.1 Å². The molecule has 10 heteroatoms. The maximum absolute atomic E-state index is 12.3. The Morgan fingerprint density at radius 3 is 2.42 bits per heavy atom. The van der Waals surface area contributed by atoms with Gasteiger partial charge in [-0.2, -0.15) is 8.42 Å². The van der Waals surface area contributed by atoms with E-state index < -0.39 is 20.9 Å². The number of carbonyl (C=O) groups excluding carboxylic acids is 1. The molecule has 1 heterocycles. The number of anilines is 1. The van der Waals surface area contributed by atoms with Crippen molar-refractivity contribution in [3.05, 3.63) is 99.6 Å². The van der Waals surface area contributed by atoms with E-state index >= 15 is 0 Å². The number of nitrogens with one attached hydrogen (secondary N) is 1. The van der Waals surface area contributed by atoms with Crippen molar-refractivity contribution in [3.63, 3.8) is 0 Å². The summed E-state index contributed by atoms with van der Waals surface area (Å²) in [5, 5.41) is 14.0. The van der Waals surface area contributed by atoms with E-state index in [4.69, 9.17) is 4.74 Å². The van der Waals surface area contributed by atoms with Gasteiger partial charge in [-0.3, -0.25) is 10.1 Å². The second kappa shape index (κ2) is 8.00. The van der Waals surface area contributed by atoms with E-state index in [1.54, 1.807) is 36.4 Å². The van der Waals surface area contributed by atoms with E-state index in [1.165, 1.54) is 36.4 Å². The monoisotopic (exact) mass is 437 g/mol. The van der Waals surface area contributed by atoms with Gasteiger partial charge in [-0.25, -0.2) is 4.79 Å². The first-order valence-electron chi connectivity index (χ1n) is 9.06. The third-order valence-electron chi connectivity index (χ3n) is 4.56. The average Bonchev–Trinajstić information content (AvgIpc) is 3.03. The van der Waals surface area contributed by atoms with E-state index in [-0.39, 0.29) is 28.6 Å². The van der Waals surface area contributed by atoms with Crippen LogP contribution in [-0.2, 0) is 21.4 Å². The molecule has 0 unspecified atom stereocenters. The molecular weight excluding hydrogens is 422 g/mol. The zero-order valence-corrected chi connectivity index (χ0v) is 16.7. The van der Waals surface area contributed by atoms with Crippen LogP contribution in [0.15, 0.2) is 82.1 Å². The minimum atomic E-state index is -3.74. The Morgan fingerprint density at radius 2 is 1.68 bits per heavy atom. The molecule has 3 aromatic carbocycles. The molecule has 0 atom stereocenters. The number of hydrogen-bond acceptors (Lipinski definition) is 7. The summed E-state index contributed by atoms with van der Waals surface area (Å²) in [6.07, 6.45) is 0. The zero-order chi connectivity index (χ0) is 22.0. The third kappa shape index (κ3) is 4.14. The smallest absolute Gasteiger partial charge is 0.338 e. The minimum absolute atomic E-state index is 0.123. The molecule has 9 nitrogen and oxygen atoms in total. The van der Waals surface area contributed by atoms with Gasteiger partial charge >= 0.3 is 5.97 Å². The Morgan fingerprint density at radius 1 is 1.00 bits per heavy atom. The lowest BCUT2D eigenvalue weighted by molar-refractivity contribution is -0.385. The number of ether oxygens (including phenoxy) is 1. The molecule has 0 spiro atoms. The molecule has 0 aliphatic carbocycles. The molecule has 0 radical (unpaired) electrons. The van der Waals surface area contributed by atoms with E-state index in [9.17, 15) is 23.3 Å². The average molecular weight is 437 g/mol. The minimum Gasteiger partial charge on any atom is -0.457 e. The van der Waals surface area contributed by atoms with Gasteiger partial charge in [0.1, 0.15) is 11.5 Å². The summed E-state index contributed by atoms with van der Waals surface area (Å²) in [6.45, 7) is -0.235. The molecular formula is C21H15N3O6S. The van der Waals surface area contributed by atoms with Gasteiger partial charge in [-0.1, -0.05) is 24.3 Å². The SMILES string of the molecule is O=C(OCc1ccccc1[N+](=O)[O-])c1ccc(NC2=NS(=O)(=O)c3ccccc32)cc1. The number of benzene rings is 3. The molecule has 156 valence electrons. The fourth-order valence-electron chi connectivity index (χ4n) is 3.06. The Kier molecular flexibility index (Phi) is 5.22. The molecule has 0 saturated heterocycles. The normalized spacial score (nSPS) is 13.7. The molecule has 3 aromatic rings. The van der Waals surface area contributed by atoms with E-state index in [0.717, 1.165) is 0 Å². The van der Waals surface area contributed by atoms with Crippen LogP contribution in [0.4, 0.5) is 11.4 Å². The van der Waals surface area contributed by atoms with Gasteiger partial charge in [-0.15, -0.1) is 4.40 Å². The molecule has 4 rings (SSSR count). The van der Waals surface area contributed by atoms with Crippen LogP contribution in [0.2, 0.25) is 0 Å².